The van der Waals surface area contributed by atoms with Crippen LogP contribution in [-0.2, 0) is 20.8 Å². The summed E-state index contributed by atoms with van der Waals surface area (Å²) in [7, 11) is 1.24. The molecule has 1 aliphatic rings. The maximum atomic E-state index is 13.1. The number of rotatable bonds is 11. The molecule has 3 N–H and O–H groups in total. The molecule has 3 amide bonds. The number of nitrogens with zero attached hydrogens (tertiary/aromatic N) is 6. The van der Waals surface area contributed by atoms with Crippen molar-refractivity contribution in [2.75, 3.05) is 50.1 Å². The molecule has 272 valence electrons. The van der Waals surface area contributed by atoms with E-state index in [0.29, 0.717) is 30.9 Å². The van der Waals surface area contributed by atoms with Gasteiger partial charge in [-0.25, -0.2) is 19.4 Å². The van der Waals surface area contributed by atoms with Gasteiger partial charge in [0.15, 0.2) is 11.4 Å². The van der Waals surface area contributed by atoms with Crippen molar-refractivity contribution in [2.24, 2.45) is 5.73 Å². The number of alkyl halides is 3. The number of morpholine rings is 1. The van der Waals surface area contributed by atoms with Crippen molar-refractivity contribution in [1.29, 1.82) is 0 Å². The van der Waals surface area contributed by atoms with E-state index < -0.39 is 36.2 Å². The molecule has 0 spiro atoms. The van der Waals surface area contributed by atoms with Crippen LogP contribution < -0.4 is 16.0 Å². The number of nitrogens with one attached hydrogen (secondary N) is 1. The highest BCUT2D eigenvalue weighted by Crippen LogP contribution is 2.26. The molecule has 3 aromatic heterocycles. The Labute approximate surface area is 290 Å². The number of hydrogen-bond acceptors (Lipinski definition) is 11. The molecule has 4 aromatic rings. The second-order valence-electron chi connectivity index (χ2n) is 12.7. The van der Waals surface area contributed by atoms with Gasteiger partial charge in [0.25, 0.3) is 11.8 Å². The van der Waals surface area contributed by atoms with E-state index in [4.69, 9.17) is 24.4 Å². The zero-order chi connectivity index (χ0) is 36.9. The highest BCUT2D eigenvalue weighted by Gasteiger charge is 2.30. The average Bonchev–Trinajstić information content (AvgIpc) is 3.72. The predicted molar refractivity (Wildman–Crippen MR) is 176 cm³/mol. The first-order valence-corrected chi connectivity index (χ1v) is 15.7. The van der Waals surface area contributed by atoms with E-state index >= 15 is 0 Å². The maximum Gasteiger partial charge on any atom is 0.410 e. The smallest absolute Gasteiger partial charge is 0.410 e. The molecule has 18 heteroatoms. The van der Waals surface area contributed by atoms with Crippen LogP contribution in [0.4, 0.5) is 29.5 Å². The summed E-state index contributed by atoms with van der Waals surface area (Å²) in [6.45, 7) is 5.92. The molecule has 0 aliphatic carbocycles. The van der Waals surface area contributed by atoms with Gasteiger partial charge in [-0.2, -0.15) is 18.3 Å². The van der Waals surface area contributed by atoms with Gasteiger partial charge in [-0.3, -0.25) is 9.59 Å². The summed E-state index contributed by atoms with van der Waals surface area (Å²) in [5.41, 5.74) is 6.25. The van der Waals surface area contributed by atoms with Crippen LogP contribution in [0.25, 0.3) is 17.1 Å². The van der Waals surface area contributed by atoms with E-state index in [1.165, 1.54) is 36.3 Å². The van der Waals surface area contributed by atoms with Crippen molar-refractivity contribution >= 4 is 29.4 Å². The largest absolute Gasteiger partial charge is 0.444 e. The fourth-order valence-electron chi connectivity index (χ4n) is 4.95. The van der Waals surface area contributed by atoms with E-state index in [-0.39, 0.29) is 48.1 Å². The van der Waals surface area contributed by atoms with Gasteiger partial charge in [-0.15, -0.1) is 0 Å². The number of benzene rings is 1. The van der Waals surface area contributed by atoms with Crippen molar-refractivity contribution in [2.45, 2.75) is 45.3 Å². The number of primary amides is 1. The van der Waals surface area contributed by atoms with Crippen LogP contribution >= 0.6 is 0 Å². The molecule has 0 saturated carbocycles. The Hall–Kier alpha value is -5.49. The number of aromatic nitrogens is 4. The van der Waals surface area contributed by atoms with Crippen LogP contribution in [-0.4, -0.2) is 100 Å². The summed E-state index contributed by atoms with van der Waals surface area (Å²) >= 11 is 0. The summed E-state index contributed by atoms with van der Waals surface area (Å²) in [5.74, 6) is -1.65. The number of ether oxygens (including phenoxy) is 3. The molecular weight excluding hydrogens is 677 g/mol. The number of amides is 3. The van der Waals surface area contributed by atoms with Gasteiger partial charge in [-0.1, -0.05) is 12.1 Å². The van der Waals surface area contributed by atoms with Crippen LogP contribution in [0, 0.1) is 0 Å². The molecule has 1 atom stereocenters. The van der Waals surface area contributed by atoms with Gasteiger partial charge in [0.1, 0.15) is 24.2 Å². The summed E-state index contributed by atoms with van der Waals surface area (Å²) in [6.07, 6.45) is -1.36. The second-order valence-corrected chi connectivity index (χ2v) is 12.7. The van der Waals surface area contributed by atoms with E-state index in [2.05, 4.69) is 20.4 Å². The minimum Gasteiger partial charge on any atom is -0.444 e. The first kappa shape index (κ1) is 36.8. The van der Waals surface area contributed by atoms with Gasteiger partial charge < -0.3 is 39.5 Å². The van der Waals surface area contributed by atoms with Crippen molar-refractivity contribution in [1.82, 2.24) is 24.6 Å². The molecule has 1 saturated heterocycles. The molecule has 4 heterocycles. The first-order chi connectivity index (χ1) is 24.0. The lowest BCUT2D eigenvalue weighted by molar-refractivity contribution is -0.119. The number of carbonyl (C=O) groups excluding carboxylic acids is 3. The van der Waals surface area contributed by atoms with Crippen molar-refractivity contribution < 1.29 is 46.2 Å². The zero-order valence-corrected chi connectivity index (χ0v) is 28.3. The number of nitrogens with two attached hydrogens (primary N) is 1. The number of carbonyl (C=O) groups is 3. The zero-order valence-electron chi connectivity index (χ0n) is 28.3. The van der Waals surface area contributed by atoms with Crippen LogP contribution in [0.5, 0.6) is 0 Å². The van der Waals surface area contributed by atoms with E-state index in [1.54, 1.807) is 29.2 Å². The minimum absolute atomic E-state index is 0.0114. The Morgan fingerprint density at radius 1 is 1.14 bits per heavy atom. The summed E-state index contributed by atoms with van der Waals surface area (Å²) in [5, 5.41) is 6.78. The molecule has 5 rings (SSSR count). The quantitative estimate of drug-likeness (QED) is 0.225. The van der Waals surface area contributed by atoms with Gasteiger partial charge in [0.05, 0.1) is 50.0 Å². The van der Waals surface area contributed by atoms with Gasteiger partial charge in [0.2, 0.25) is 5.89 Å². The van der Waals surface area contributed by atoms with Gasteiger partial charge in [-0.05, 0) is 50.6 Å². The molecule has 1 aliphatic heterocycles. The molecule has 0 radical (unpaired) electrons. The standard InChI is InChI=1S/C33H37F3N8O7/c1-32(2,3)51-31(47)43-11-12-49-23(14-43)17-48-16-20-5-7-22(8-6-20)44-15-24(27(41-44)28(37)45)39-29(46)25-18-50-30(40-25)21-9-10-38-26(13-21)42(4)19-33(34,35)36/h5-10,13,15,18,23H,11-12,14,16-17,19H2,1-4H3,(H2,37,45)(H,39,46). The second kappa shape index (κ2) is 15.2. The summed E-state index contributed by atoms with van der Waals surface area (Å²) in [4.78, 5) is 48.3. The maximum absolute atomic E-state index is 13.1. The SMILES string of the molecule is CN(CC(F)(F)F)c1cc(-c2nc(C(=O)Nc3cn(-c4ccc(COCC5CN(C(=O)OC(C)(C)C)CCO5)cc4)nc3C(N)=O)co2)ccn1. The fourth-order valence-corrected chi connectivity index (χ4v) is 4.95. The van der Waals surface area contributed by atoms with Crippen LogP contribution in [0.15, 0.2) is 59.5 Å². The third-order valence-corrected chi connectivity index (χ3v) is 7.30. The van der Waals surface area contributed by atoms with Crippen molar-refractivity contribution in [3.05, 3.63) is 72.0 Å². The Kier molecular flexibility index (Phi) is 10.9. The van der Waals surface area contributed by atoms with Crippen molar-refractivity contribution in [3.8, 4) is 17.1 Å². The highest BCUT2D eigenvalue weighted by atomic mass is 19.4. The summed E-state index contributed by atoms with van der Waals surface area (Å²) in [6, 6.07) is 9.90. The minimum atomic E-state index is -4.43. The van der Waals surface area contributed by atoms with Crippen LogP contribution in [0.3, 0.4) is 0 Å². The Bertz CT molecular complexity index is 1850. The third kappa shape index (κ3) is 10.0. The number of halogens is 3. The van der Waals surface area contributed by atoms with E-state index in [9.17, 15) is 27.6 Å². The normalized spacial score (nSPS) is 15.0. The van der Waals surface area contributed by atoms with Crippen LogP contribution in [0.1, 0.15) is 47.3 Å². The first-order valence-electron chi connectivity index (χ1n) is 15.7. The van der Waals surface area contributed by atoms with Crippen LogP contribution in [0.2, 0.25) is 0 Å². The third-order valence-electron chi connectivity index (χ3n) is 7.30. The highest BCUT2D eigenvalue weighted by molar-refractivity contribution is 6.07. The lowest BCUT2D eigenvalue weighted by Gasteiger charge is -2.34. The molecule has 1 unspecified atom stereocenters. The lowest BCUT2D eigenvalue weighted by Crippen LogP contribution is -2.48. The molecule has 51 heavy (non-hydrogen) atoms. The molecule has 1 aromatic carbocycles. The molecular formula is C33H37F3N8O7. The Morgan fingerprint density at radius 2 is 1.88 bits per heavy atom. The Balaban J connectivity index is 1.19. The topological polar surface area (TPSA) is 180 Å². The number of anilines is 2. The molecule has 1 fully saturated rings. The molecule has 15 nitrogen and oxygen atoms in total. The number of pyridine rings is 1. The number of hydrogen-bond donors (Lipinski definition) is 2. The number of oxazole rings is 1. The van der Waals surface area contributed by atoms with Gasteiger partial charge >= 0.3 is 12.3 Å². The van der Waals surface area contributed by atoms with Crippen molar-refractivity contribution in [3.63, 3.8) is 0 Å². The Morgan fingerprint density at radius 3 is 2.57 bits per heavy atom. The average molecular weight is 715 g/mol. The summed E-state index contributed by atoms with van der Waals surface area (Å²) < 4.78 is 62.3. The predicted octanol–water partition coefficient (Wildman–Crippen LogP) is 4.42. The van der Waals surface area contributed by atoms with Gasteiger partial charge in [0, 0.05) is 25.4 Å². The molecule has 0 bridgehead atoms. The lowest BCUT2D eigenvalue weighted by atomic mass is 10.2. The fraction of sp³-hybridized carbons (Fsp3) is 0.394. The van der Waals surface area contributed by atoms with E-state index in [0.717, 1.165) is 16.7 Å². The monoisotopic (exact) mass is 714 g/mol. The van der Waals surface area contributed by atoms with E-state index in [1.807, 2.05) is 20.8 Å².